The number of sulfonamides is 1. The van der Waals surface area contributed by atoms with Crippen LogP contribution in [0.1, 0.15) is 30.0 Å². The van der Waals surface area contributed by atoms with Gasteiger partial charge in [0.05, 0.1) is 17.9 Å². The number of rotatable bonds is 3. The van der Waals surface area contributed by atoms with Crippen molar-refractivity contribution in [1.82, 2.24) is 19.2 Å². The minimum Gasteiger partial charge on any atom is -0.351 e. The zero-order valence-electron chi connectivity index (χ0n) is 13.0. The van der Waals surface area contributed by atoms with Crippen molar-refractivity contribution >= 4 is 15.9 Å². The number of benzene rings is 1. The van der Waals surface area contributed by atoms with Crippen molar-refractivity contribution in [2.75, 3.05) is 13.1 Å². The number of para-hydroxylation sites is 1. The first-order valence-electron chi connectivity index (χ1n) is 7.44. The molecule has 1 aliphatic rings. The Labute approximate surface area is 135 Å². The summed E-state index contributed by atoms with van der Waals surface area (Å²) in [5.41, 5.74) is 1.35. The average molecular weight is 334 g/mol. The number of fused-ring (bicyclic) bond motifs is 3. The molecule has 1 amide bonds. The quantitative estimate of drug-likeness (QED) is 0.912. The molecule has 122 valence electrons. The van der Waals surface area contributed by atoms with E-state index in [0.29, 0.717) is 24.5 Å². The molecule has 0 aliphatic carbocycles. The Morgan fingerprint density at radius 2 is 2.04 bits per heavy atom. The first kappa shape index (κ1) is 15.7. The average Bonchev–Trinajstić information content (AvgIpc) is 2.92. The van der Waals surface area contributed by atoms with Crippen molar-refractivity contribution in [3.05, 3.63) is 42.0 Å². The molecule has 0 atom stereocenters. The van der Waals surface area contributed by atoms with E-state index in [0.717, 1.165) is 0 Å². The molecule has 3 rings (SSSR count). The summed E-state index contributed by atoms with van der Waals surface area (Å²) in [6, 6.07) is 6.76. The second kappa shape index (κ2) is 5.78. The third kappa shape index (κ3) is 2.43. The van der Waals surface area contributed by atoms with Crippen molar-refractivity contribution in [2.24, 2.45) is 0 Å². The Morgan fingerprint density at radius 3 is 2.74 bits per heavy atom. The number of nitrogens with one attached hydrogen (secondary N) is 1. The second-order valence-electron chi connectivity index (χ2n) is 5.17. The Hall–Kier alpha value is -2.19. The van der Waals surface area contributed by atoms with Gasteiger partial charge in [0.1, 0.15) is 11.2 Å². The van der Waals surface area contributed by atoms with Gasteiger partial charge in [0.15, 0.2) is 5.69 Å². The van der Waals surface area contributed by atoms with Crippen LogP contribution in [-0.4, -0.2) is 41.3 Å². The molecule has 2 heterocycles. The van der Waals surface area contributed by atoms with E-state index in [2.05, 4.69) is 10.3 Å². The summed E-state index contributed by atoms with van der Waals surface area (Å²) in [6.07, 6.45) is 1.51. The SMILES string of the molecule is CCNC(=O)c1ncn2c1CN(CC)S(=O)(=O)c1ccccc1-2. The van der Waals surface area contributed by atoms with Crippen LogP contribution in [0.25, 0.3) is 5.69 Å². The first-order chi connectivity index (χ1) is 11.0. The van der Waals surface area contributed by atoms with E-state index in [1.165, 1.54) is 10.6 Å². The van der Waals surface area contributed by atoms with E-state index < -0.39 is 10.0 Å². The summed E-state index contributed by atoms with van der Waals surface area (Å²) in [5, 5.41) is 2.71. The van der Waals surface area contributed by atoms with Gasteiger partial charge >= 0.3 is 0 Å². The molecule has 1 aromatic heterocycles. The van der Waals surface area contributed by atoms with Gasteiger partial charge in [-0.15, -0.1) is 0 Å². The molecule has 0 radical (unpaired) electrons. The maximum Gasteiger partial charge on any atom is 0.271 e. The van der Waals surface area contributed by atoms with Crippen molar-refractivity contribution < 1.29 is 13.2 Å². The molecule has 1 aliphatic heterocycles. The largest absolute Gasteiger partial charge is 0.351 e. The van der Waals surface area contributed by atoms with Gasteiger partial charge in [0, 0.05) is 13.1 Å². The Bertz CT molecular complexity index is 857. The van der Waals surface area contributed by atoms with Crippen LogP contribution in [0, 0.1) is 0 Å². The highest BCUT2D eigenvalue weighted by atomic mass is 32.2. The van der Waals surface area contributed by atoms with Crippen LogP contribution >= 0.6 is 0 Å². The number of carbonyl (C=O) groups excluding carboxylic acids is 1. The molecule has 0 bridgehead atoms. The topological polar surface area (TPSA) is 84.3 Å². The monoisotopic (exact) mass is 334 g/mol. The molecule has 1 aromatic carbocycles. The van der Waals surface area contributed by atoms with E-state index in [4.69, 9.17) is 0 Å². The molecule has 23 heavy (non-hydrogen) atoms. The van der Waals surface area contributed by atoms with E-state index >= 15 is 0 Å². The molecule has 7 nitrogen and oxygen atoms in total. The van der Waals surface area contributed by atoms with Crippen molar-refractivity contribution in [1.29, 1.82) is 0 Å². The number of carbonyl (C=O) groups is 1. The highest BCUT2D eigenvalue weighted by Gasteiger charge is 2.33. The third-order valence-corrected chi connectivity index (χ3v) is 5.81. The number of hydrogen-bond donors (Lipinski definition) is 1. The second-order valence-corrected chi connectivity index (χ2v) is 7.07. The predicted molar refractivity (Wildman–Crippen MR) is 84.8 cm³/mol. The summed E-state index contributed by atoms with van der Waals surface area (Å²) in [7, 11) is -3.61. The van der Waals surface area contributed by atoms with Crippen LogP contribution in [-0.2, 0) is 16.6 Å². The summed E-state index contributed by atoms with van der Waals surface area (Å²) in [4.78, 5) is 16.6. The zero-order chi connectivity index (χ0) is 16.6. The van der Waals surface area contributed by atoms with Crippen molar-refractivity contribution in [3.8, 4) is 5.69 Å². The van der Waals surface area contributed by atoms with Gasteiger partial charge in [-0.1, -0.05) is 19.1 Å². The van der Waals surface area contributed by atoms with Gasteiger partial charge in [0.25, 0.3) is 5.91 Å². The predicted octanol–water partition coefficient (Wildman–Crippen LogP) is 1.15. The van der Waals surface area contributed by atoms with Crippen molar-refractivity contribution in [3.63, 3.8) is 0 Å². The van der Waals surface area contributed by atoms with Crippen LogP contribution < -0.4 is 5.32 Å². The number of aromatic nitrogens is 2. The van der Waals surface area contributed by atoms with Crippen LogP contribution in [0.2, 0.25) is 0 Å². The van der Waals surface area contributed by atoms with Gasteiger partial charge in [-0.05, 0) is 19.1 Å². The third-order valence-electron chi connectivity index (χ3n) is 3.84. The fourth-order valence-corrected chi connectivity index (χ4v) is 4.31. The van der Waals surface area contributed by atoms with Gasteiger partial charge in [-0.25, -0.2) is 13.4 Å². The molecule has 8 heteroatoms. The lowest BCUT2D eigenvalue weighted by molar-refractivity contribution is 0.0949. The van der Waals surface area contributed by atoms with Crippen LogP contribution in [0.15, 0.2) is 35.5 Å². The summed E-state index contributed by atoms with van der Waals surface area (Å²) >= 11 is 0. The lowest BCUT2D eigenvalue weighted by atomic mass is 10.2. The number of amides is 1. The van der Waals surface area contributed by atoms with E-state index in [9.17, 15) is 13.2 Å². The van der Waals surface area contributed by atoms with Crippen LogP contribution in [0.3, 0.4) is 0 Å². The number of imidazole rings is 1. The standard InChI is InChI=1S/C15H18N4O3S/c1-3-16-15(20)14-12-9-18(4-2)23(21,22)13-8-6-5-7-11(13)19(12)10-17-14/h5-8,10H,3-4,9H2,1-2H3,(H,16,20). The van der Waals surface area contributed by atoms with Gasteiger partial charge < -0.3 is 5.32 Å². The fraction of sp³-hybridized carbons (Fsp3) is 0.333. The Morgan fingerprint density at radius 1 is 1.30 bits per heavy atom. The highest BCUT2D eigenvalue weighted by molar-refractivity contribution is 7.89. The van der Waals surface area contributed by atoms with E-state index in [-0.39, 0.29) is 23.0 Å². The zero-order valence-corrected chi connectivity index (χ0v) is 13.8. The van der Waals surface area contributed by atoms with Gasteiger partial charge in [0.2, 0.25) is 10.0 Å². The van der Waals surface area contributed by atoms with E-state index in [1.807, 2.05) is 6.92 Å². The van der Waals surface area contributed by atoms with Crippen molar-refractivity contribution in [2.45, 2.75) is 25.3 Å². The maximum atomic E-state index is 12.8. The van der Waals surface area contributed by atoms with Crippen LogP contribution in [0.4, 0.5) is 0 Å². The molecule has 2 aromatic rings. The molecule has 0 spiro atoms. The lowest BCUT2D eigenvalue weighted by Crippen LogP contribution is -2.31. The Kier molecular flexibility index (Phi) is 3.95. The fourth-order valence-electron chi connectivity index (χ4n) is 2.71. The highest BCUT2D eigenvalue weighted by Crippen LogP contribution is 2.30. The normalized spacial score (nSPS) is 16.3. The van der Waals surface area contributed by atoms with Gasteiger partial charge in [-0.2, -0.15) is 4.31 Å². The molecular formula is C15H18N4O3S. The molecule has 0 unspecified atom stereocenters. The minimum absolute atomic E-state index is 0.111. The lowest BCUT2D eigenvalue weighted by Gasteiger charge is -2.18. The molecule has 0 saturated heterocycles. The molecule has 0 saturated carbocycles. The Balaban J connectivity index is 2.25. The van der Waals surface area contributed by atoms with E-state index in [1.54, 1.807) is 35.8 Å². The summed E-state index contributed by atoms with van der Waals surface area (Å²) in [5.74, 6) is -0.297. The maximum absolute atomic E-state index is 12.8. The first-order valence-corrected chi connectivity index (χ1v) is 8.88. The summed E-state index contributed by atoms with van der Waals surface area (Å²) < 4.78 is 28.7. The minimum atomic E-state index is -3.61. The summed E-state index contributed by atoms with van der Waals surface area (Å²) in [6.45, 7) is 4.51. The molecule has 1 N–H and O–H groups in total. The number of hydrogen-bond acceptors (Lipinski definition) is 4. The smallest absolute Gasteiger partial charge is 0.271 e. The number of nitrogens with zero attached hydrogens (tertiary/aromatic N) is 3. The molecule has 0 fully saturated rings. The molecular weight excluding hydrogens is 316 g/mol. The van der Waals surface area contributed by atoms with Gasteiger partial charge in [-0.3, -0.25) is 9.36 Å². The van der Waals surface area contributed by atoms with Crippen LogP contribution in [0.5, 0.6) is 0 Å².